The van der Waals surface area contributed by atoms with E-state index in [1.807, 2.05) is 41.3 Å². The SMILES string of the molecule is CNC(=O)c1ccc(/C=C/C(=O)N2CCCC2c2cccc(OC)c2)cc1. The molecule has 1 saturated heterocycles. The first kappa shape index (κ1) is 18.7. The van der Waals surface area contributed by atoms with Crippen LogP contribution < -0.4 is 10.1 Å². The summed E-state index contributed by atoms with van der Waals surface area (Å²) in [4.78, 5) is 26.2. The number of carbonyl (C=O) groups is 2. The third-order valence-corrected chi connectivity index (χ3v) is 4.83. The second kappa shape index (κ2) is 8.54. The minimum absolute atomic E-state index is 0.00398. The molecule has 0 spiro atoms. The van der Waals surface area contributed by atoms with Gasteiger partial charge in [0.25, 0.3) is 5.91 Å². The zero-order valence-electron chi connectivity index (χ0n) is 15.6. The van der Waals surface area contributed by atoms with Crippen molar-refractivity contribution in [3.63, 3.8) is 0 Å². The third-order valence-electron chi connectivity index (χ3n) is 4.83. The molecule has 27 heavy (non-hydrogen) atoms. The van der Waals surface area contributed by atoms with Crippen molar-refractivity contribution in [1.82, 2.24) is 10.2 Å². The van der Waals surface area contributed by atoms with E-state index in [2.05, 4.69) is 5.32 Å². The Balaban J connectivity index is 1.70. The highest BCUT2D eigenvalue weighted by Gasteiger charge is 2.28. The minimum Gasteiger partial charge on any atom is -0.497 e. The molecular weight excluding hydrogens is 340 g/mol. The lowest BCUT2D eigenvalue weighted by Crippen LogP contribution is -2.28. The van der Waals surface area contributed by atoms with Crippen LogP contribution in [0.15, 0.2) is 54.6 Å². The standard InChI is InChI=1S/C22H24N2O3/c1-23-22(26)17-11-8-16(9-12-17)10-13-21(25)24-14-4-7-20(24)18-5-3-6-19(15-18)27-2/h3,5-6,8-13,15,20H,4,7,14H2,1-2H3,(H,23,26)/b13-10+. The molecule has 5 heteroatoms. The molecule has 1 fully saturated rings. The van der Waals surface area contributed by atoms with Gasteiger partial charge >= 0.3 is 0 Å². The van der Waals surface area contributed by atoms with Crippen LogP contribution in [-0.4, -0.2) is 37.4 Å². The van der Waals surface area contributed by atoms with E-state index >= 15 is 0 Å². The van der Waals surface area contributed by atoms with Gasteiger partial charge in [-0.15, -0.1) is 0 Å². The van der Waals surface area contributed by atoms with Crippen LogP contribution in [0.5, 0.6) is 5.75 Å². The molecule has 0 aliphatic carbocycles. The summed E-state index contributed by atoms with van der Waals surface area (Å²) in [6.45, 7) is 0.751. The summed E-state index contributed by atoms with van der Waals surface area (Å²) in [5.41, 5.74) is 2.58. The van der Waals surface area contributed by atoms with Gasteiger partial charge in [0, 0.05) is 25.2 Å². The van der Waals surface area contributed by atoms with Crippen LogP contribution in [0.2, 0.25) is 0 Å². The maximum absolute atomic E-state index is 12.7. The number of nitrogens with zero attached hydrogens (tertiary/aromatic N) is 1. The van der Waals surface area contributed by atoms with Gasteiger partial charge in [0.2, 0.25) is 5.91 Å². The molecule has 0 bridgehead atoms. The Morgan fingerprint density at radius 1 is 1.19 bits per heavy atom. The van der Waals surface area contributed by atoms with Crippen molar-refractivity contribution in [1.29, 1.82) is 0 Å². The van der Waals surface area contributed by atoms with Gasteiger partial charge in [-0.3, -0.25) is 9.59 Å². The first-order chi connectivity index (χ1) is 13.1. The molecule has 2 aromatic carbocycles. The molecule has 5 nitrogen and oxygen atoms in total. The average Bonchev–Trinajstić information content (AvgIpc) is 3.22. The van der Waals surface area contributed by atoms with E-state index in [-0.39, 0.29) is 17.9 Å². The normalized spacial score (nSPS) is 16.5. The highest BCUT2D eigenvalue weighted by Crippen LogP contribution is 2.33. The first-order valence-corrected chi connectivity index (χ1v) is 9.07. The number of methoxy groups -OCH3 is 1. The zero-order valence-corrected chi connectivity index (χ0v) is 15.6. The summed E-state index contributed by atoms with van der Waals surface area (Å²) in [5, 5.41) is 2.59. The molecule has 0 aromatic heterocycles. The summed E-state index contributed by atoms with van der Waals surface area (Å²) < 4.78 is 5.30. The molecule has 1 heterocycles. The van der Waals surface area contributed by atoms with Gasteiger partial charge in [-0.1, -0.05) is 24.3 Å². The molecule has 0 radical (unpaired) electrons. The Morgan fingerprint density at radius 2 is 1.96 bits per heavy atom. The highest BCUT2D eigenvalue weighted by atomic mass is 16.5. The molecule has 2 aromatic rings. The van der Waals surface area contributed by atoms with Gasteiger partial charge < -0.3 is 15.0 Å². The lowest BCUT2D eigenvalue weighted by molar-refractivity contribution is -0.126. The molecule has 2 amide bonds. The van der Waals surface area contributed by atoms with E-state index < -0.39 is 0 Å². The molecule has 1 aliphatic heterocycles. The van der Waals surface area contributed by atoms with Crippen LogP contribution in [0, 0.1) is 0 Å². The van der Waals surface area contributed by atoms with Crippen LogP contribution in [0.4, 0.5) is 0 Å². The van der Waals surface area contributed by atoms with Gasteiger partial charge in [0.05, 0.1) is 13.2 Å². The molecule has 3 rings (SSSR count). The number of benzene rings is 2. The number of hydrogen-bond donors (Lipinski definition) is 1. The van der Waals surface area contributed by atoms with Crippen molar-refractivity contribution >= 4 is 17.9 Å². The second-order valence-corrected chi connectivity index (χ2v) is 6.50. The molecule has 0 saturated carbocycles. The predicted octanol–water partition coefficient (Wildman–Crippen LogP) is 3.43. The van der Waals surface area contributed by atoms with Gasteiger partial charge in [0.1, 0.15) is 5.75 Å². The fourth-order valence-electron chi connectivity index (χ4n) is 3.38. The zero-order chi connectivity index (χ0) is 19.2. The van der Waals surface area contributed by atoms with Crippen LogP contribution in [0.1, 0.15) is 40.4 Å². The van der Waals surface area contributed by atoms with Gasteiger partial charge in [-0.25, -0.2) is 0 Å². The molecule has 1 atom stereocenters. The number of ether oxygens (including phenoxy) is 1. The number of carbonyl (C=O) groups excluding carboxylic acids is 2. The summed E-state index contributed by atoms with van der Waals surface area (Å²) in [7, 11) is 3.25. The maximum Gasteiger partial charge on any atom is 0.251 e. The molecule has 1 aliphatic rings. The van der Waals surface area contributed by atoms with E-state index in [1.54, 1.807) is 38.4 Å². The number of nitrogens with one attached hydrogen (secondary N) is 1. The van der Waals surface area contributed by atoms with E-state index in [0.717, 1.165) is 36.3 Å². The summed E-state index contributed by atoms with van der Waals surface area (Å²) >= 11 is 0. The molecule has 140 valence electrons. The second-order valence-electron chi connectivity index (χ2n) is 6.50. The lowest BCUT2D eigenvalue weighted by Gasteiger charge is -2.24. The van der Waals surface area contributed by atoms with E-state index in [1.165, 1.54) is 0 Å². The lowest BCUT2D eigenvalue weighted by atomic mass is 10.0. The topological polar surface area (TPSA) is 58.6 Å². The average molecular weight is 364 g/mol. The monoisotopic (exact) mass is 364 g/mol. The van der Waals surface area contributed by atoms with Crippen molar-refractivity contribution in [2.24, 2.45) is 0 Å². The van der Waals surface area contributed by atoms with Crippen molar-refractivity contribution in [3.8, 4) is 5.75 Å². The number of likely N-dealkylation sites (tertiary alicyclic amines) is 1. The quantitative estimate of drug-likeness (QED) is 0.827. The Bertz CT molecular complexity index is 843. The summed E-state index contributed by atoms with van der Waals surface area (Å²) in [6, 6.07) is 15.1. The van der Waals surface area contributed by atoms with Crippen molar-refractivity contribution in [2.75, 3.05) is 20.7 Å². The first-order valence-electron chi connectivity index (χ1n) is 9.07. The Hall–Kier alpha value is -3.08. The van der Waals surface area contributed by atoms with Crippen molar-refractivity contribution in [3.05, 3.63) is 71.3 Å². The van der Waals surface area contributed by atoms with Gasteiger partial charge in [0.15, 0.2) is 0 Å². The van der Waals surface area contributed by atoms with Crippen LogP contribution in [-0.2, 0) is 4.79 Å². The molecule has 1 unspecified atom stereocenters. The number of hydrogen-bond acceptors (Lipinski definition) is 3. The third kappa shape index (κ3) is 4.37. The highest BCUT2D eigenvalue weighted by molar-refractivity contribution is 5.95. The Kier molecular flexibility index (Phi) is 5.91. The van der Waals surface area contributed by atoms with Gasteiger partial charge in [-0.05, 0) is 54.3 Å². The van der Waals surface area contributed by atoms with E-state index in [0.29, 0.717) is 5.56 Å². The largest absolute Gasteiger partial charge is 0.497 e. The summed E-state index contributed by atoms with van der Waals surface area (Å²) in [5.74, 6) is 0.675. The predicted molar refractivity (Wildman–Crippen MR) is 106 cm³/mol. The smallest absolute Gasteiger partial charge is 0.251 e. The summed E-state index contributed by atoms with van der Waals surface area (Å²) in [6.07, 6.45) is 5.33. The number of amides is 2. The Morgan fingerprint density at radius 3 is 2.67 bits per heavy atom. The van der Waals surface area contributed by atoms with Gasteiger partial charge in [-0.2, -0.15) is 0 Å². The number of rotatable bonds is 5. The van der Waals surface area contributed by atoms with Crippen LogP contribution in [0.25, 0.3) is 6.08 Å². The van der Waals surface area contributed by atoms with Crippen LogP contribution in [0.3, 0.4) is 0 Å². The fraction of sp³-hybridized carbons (Fsp3) is 0.273. The molecular formula is C22H24N2O3. The van der Waals surface area contributed by atoms with Crippen molar-refractivity contribution in [2.45, 2.75) is 18.9 Å². The van der Waals surface area contributed by atoms with E-state index in [9.17, 15) is 9.59 Å². The Labute approximate surface area is 159 Å². The van der Waals surface area contributed by atoms with Crippen LogP contribution >= 0.6 is 0 Å². The van der Waals surface area contributed by atoms with Crippen molar-refractivity contribution < 1.29 is 14.3 Å². The van der Waals surface area contributed by atoms with E-state index in [4.69, 9.17) is 4.74 Å². The fourth-order valence-corrected chi connectivity index (χ4v) is 3.38. The molecule has 1 N–H and O–H groups in total. The maximum atomic E-state index is 12.7. The minimum atomic E-state index is -0.125.